The van der Waals surface area contributed by atoms with Crippen LogP contribution in [0.25, 0.3) is 0 Å². The van der Waals surface area contributed by atoms with E-state index in [0.29, 0.717) is 10.9 Å². The molecule has 0 aliphatic carbocycles. The van der Waals surface area contributed by atoms with Crippen molar-refractivity contribution >= 4 is 11.3 Å². The fraction of sp³-hybridized carbons (Fsp3) is 0.200. The summed E-state index contributed by atoms with van der Waals surface area (Å²) in [5, 5.41) is 18.4. The van der Waals surface area contributed by atoms with Gasteiger partial charge in [0.25, 0.3) is 5.19 Å². The molecule has 78 valence electrons. The lowest BCUT2D eigenvalue weighted by atomic mass is 10.2. The highest BCUT2D eigenvalue weighted by molar-refractivity contribution is 7.13. The van der Waals surface area contributed by atoms with Crippen LogP contribution in [0.4, 0.5) is 0 Å². The molecule has 0 fully saturated rings. The molecule has 0 amide bonds. The molecule has 0 atom stereocenters. The Balaban J connectivity index is 2.24. The molecular weight excluding hydrogens is 212 g/mol. The summed E-state index contributed by atoms with van der Waals surface area (Å²) in [6.07, 6.45) is 0. The quantitative estimate of drug-likeness (QED) is 0.848. The smallest absolute Gasteiger partial charge is 0.299 e. The zero-order valence-electron chi connectivity index (χ0n) is 8.39. The molecule has 2 aromatic rings. The number of benzene rings is 1. The van der Waals surface area contributed by atoms with E-state index in [9.17, 15) is 5.11 Å². The predicted octanol–water partition coefficient (Wildman–Crippen LogP) is 2.65. The summed E-state index contributed by atoms with van der Waals surface area (Å²) in [7, 11) is 0. The standard InChI is InChI=1S/C10H10N2O2S/c1-6-3-8(13)5-9(4-6)14-10-12-11-7(2)15-10/h3-5,13H,1-2H3. The Morgan fingerprint density at radius 1 is 1.20 bits per heavy atom. The zero-order valence-corrected chi connectivity index (χ0v) is 9.21. The van der Waals surface area contributed by atoms with Crippen molar-refractivity contribution in [3.8, 4) is 16.7 Å². The average Bonchev–Trinajstić information content (AvgIpc) is 2.49. The lowest BCUT2D eigenvalue weighted by Gasteiger charge is -2.02. The minimum atomic E-state index is 0.186. The number of aromatic nitrogens is 2. The number of aryl methyl sites for hydroxylation is 2. The molecule has 0 aliphatic heterocycles. The van der Waals surface area contributed by atoms with Gasteiger partial charge in [-0.1, -0.05) is 16.4 Å². The van der Waals surface area contributed by atoms with Gasteiger partial charge in [-0.3, -0.25) is 0 Å². The maximum Gasteiger partial charge on any atom is 0.299 e. The van der Waals surface area contributed by atoms with Gasteiger partial charge in [0.15, 0.2) is 0 Å². The zero-order chi connectivity index (χ0) is 10.8. The van der Waals surface area contributed by atoms with Gasteiger partial charge >= 0.3 is 0 Å². The van der Waals surface area contributed by atoms with E-state index in [1.54, 1.807) is 12.1 Å². The molecule has 2 rings (SSSR count). The fourth-order valence-corrected chi connectivity index (χ4v) is 1.76. The van der Waals surface area contributed by atoms with Crippen molar-refractivity contribution in [1.29, 1.82) is 0 Å². The van der Waals surface area contributed by atoms with Gasteiger partial charge in [0, 0.05) is 6.07 Å². The first-order valence-electron chi connectivity index (χ1n) is 4.42. The highest BCUT2D eigenvalue weighted by atomic mass is 32.1. The van der Waals surface area contributed by atoms with Gasteiger partial charge in [0.05, 0.1) is 0 Å². The van der Waals surface area contributed by atoms with E-state index in [-0.39, 0.29) is 5.75 Å². The third-order valence-corrected chi connectivity index (χ3v) is 2.46. The second-order valence-electron chi connectivity index (χ2n) is 3.19. The van der Waals surface area contributed by atoms with Crippen molar-refractivity contribution in [3.63, 3.8) is 0 Å². The Bertz CT molecular complexity index is 462. The molecule has 0 saturated carbocycles. The minimum absolute atomic E-state index is 0.186. The molecule has 4 nitrogen and oxygen atoms in total. The van der Waals surface area contributed by atoms with Crippen molar-refractivity contribution < 1.29 is 9.84 Å². The van der Waals surface area contributed by atoms with Gasteiger partial charge in [-0.15, -0.1) is 5.10 Å². The molecule has 5 heteroatoms. The van der Waals surface area contributed by atoms with Crippen molar-refractivity contribution in [3.05, 3.63) is 28.8 Å². The van der Waals surface area contributed by atoms with E-state index >= 15 is 0 Å². The molecule has 1 aromatic heterocycles. The van der Waals surface area contributed by atoms with Crippen molar-refractivity contribution in [1.82, 2.24) is 10.2 Å². The fourth-order valence-electron chi connectivity index (χ4n) is 1.21. The van der Waals surface area contributed by atoms with Crippen LogP contribution in [-0.4, -0.2) is 15.3 Å². The molecular formula is C10H10N2O2S. The van der Waals surface area contributed by atoms with E-state index in [1.807, 2.05) is 19.9 Å². The number of hydrogen-bond donors (Lipinski definition) is 1. The summed E-state index contributed by atoms with van der Waals surface area (Å²) in [4.78, 5) is 0. The summed E-state index contributed by atoms with van der Waals surface area (Å²) in [5.41, 5.74) is 0.936. The van der Waals surface area contributed by atoms with E-state index in [1.165, 1.54) is 11.3 Å². The number of hydrogen-bond acceptors (Lipinski definition) is 5. The van der Waals surface area contributed by atoms with Crippen LogP contribution in [-0.2, 0) is 0 Å². The summed E-state index contributed by atoms with van der Waals surface area (Å²) in [5.74, 6) is 0.759. The van der Waals surface area contributed by atoms with Crippen molar-refractivity contribution in [2.24, 2.45) is 0 Å². The molecule has 0 bridgehead atoms. The Morgan fingerprint density at radius 2 is 2.00 bits per heavy atom. The number of aromatic hydroxyl groups is 1. The molecule has 0 unspecified atom stereocenters. The van der Waals surface area contributed by atoms with Gasteiger partial charge in [0.1, 0.15) is 16.5 Å². The van der Waals surface area contributed by atoms with Crippen LogP contribution in [0.3, 0.4) is 0 Å². The SMILES string of the molecule is Cc1cc(O)cc(Oc2nnc(C)s2)c1. The minimum Gasteiger partial charge on any atom is -0.508 e. The molecule has 15 heavy (non-hydrogen) atoms. The normalized spacial score (nSPS) is 10.3. The van der Waals surface area contributed by atoms with Crippen LogP contribution in [0.15, 0.2) is 18.2 Å². The number of nitrogens with zero attached hydrogens (tertiary/aromatic N) is 2. The first-order valence-corrected chi connectivity index (χ1v) is 5.24. The predicted molar refractivity (Wildman–Crippen MR) is 57.6 cm³/mol. The Morgan fingerprint density at radius 3 is 2.60 bits per heavy atom. The Labute approximate surface area is 91.2 Å². The first kappa shape index (κ1) is 9.92. The van der Waals surface area contributed by atoms with Crippen LogP contribution in [0.1, 0.15) is 10.6 Å². The van der Waals surface area contributed by atoms with Crippen LogP contribution in [0.5, 0.6) is 16.7 Å². The summed E-state index contributed by atoms with van der Waals surface area (Å²) in [6.45, 7) is 3.75. The van der Waals surface area contributed by atoms with E-state index in [0.717, 1.165) is 10.6 Å². The highest BCUT2D eigenvalue weighted by Gasteiger charge is 2.04. The molecule has 0 radical (unpaired) electrons. The summed E-state index contributed by atoms with van der Waals surface area (Å²) < 4.78 is 5.45. The van der Waals surface area contributed by atoms with Gasteiger partial charge in [-0.25, -0.2) is 0 Å². The summed E-state index contributed by atoms with van der Waals surface area (Å²) >= 11 is 1.37. The maximum atomic E-state index is 9.36. The third kappa shape index (κ3) is 2.44. The molecule has 1 N–H and O–H groups in total. The van der Waals surface area contributed by atoms with Crippen LogP contribution >= 0.6 is 11.3 Å². The Hall–Kier alpha value is -1.62. The Kier molecular flexibility index (Phi) is 2.55. The van der Waals surface area contributed by atoms with Crippen LogP contribution < -0.4 is 4.74 Å². The molecule has 0 saturated heterocycles. The van der Waals surface area contributed by atoms with E-state index in [4.69, 9.17) is 4.74 Å². The highest BCUT2D eigenvalue weighted by Crippen LogP contribution is 2.28. The van der Waals surface area contributed by atoms with Gasteiger partial charge < -0.3 is 9.84 Å². The molecule has 1 aromatic carbocycles. The van der Waals surface area contributed by atoms with Gasteiger partial charge in [0.2, 0.25) is 0 Å². The van der Waals surface area contributed by atoms with Crippen molar-refractivity contribution in [2.75, 3.05) is 0 Å². The third-order valence-electron chi connectivity index (χ3n) is 1.75. The first-order chi connectivity index (χ1) is 7.13. The van der Waals surface area contributed by atoms with Gasteiger partial charge in [-0.2, -0.15) is 0 Å². The molecule has 0 spiro atoms. The topological polar surface area (TPSA) is 55.2 Å². The summed E-state index contributed by atoms with van der Waals surface area (Å²) in [6, 6.07) is 5.04. The lowest BCUT2D eigenvalue weighted by Crippen LogP contribution is -1.84. The van der Waals surface area contributed by atoms with Gasteiger partial charge in [-0.05, 0) is 31.5 Å². The number of phenols is 1. The lowest BCUT2D eigenvalue weighted by molar-refractivity contribution is 0.450. The monoisotopic (exact) mass is 222 g/mol. The van der Waals surface area contributed by atoms with E-state index in [2.05, 4.69) is 10.2 Å². The number of rotatable bonds is 2. The molecule has 1 heterocycles. The number of phenolic OH excluding ortho intramolecular Hbond substituents is 1. The van der Waals surface area contributed by atoms with E-state index < -0.39 is 0 Å². The number of ether oxygens (including phenoxy) is 1. The maximum absolute atomic E-state index is 9.36. The largest absolute Gasteiger partial charge is 0.508 e. The molecule has 0 aliphatic rings. The van der Waals surface area contributed by atoms with Crippen LogP contribution in [0, 0.1) is 13.8 Å². The second-order valence-corrected chi connectivity index (χ2v) is 4.34. The van der Waals surface area contributed by atoms with Crippen molar-refractivity contribution in [2.45, 2.75) is 13.8 Å². The second kappa shape index (κ2) is 3.86. The van der Waals surface area contributed by atoms with Crippen LogP contribution in [0.2, 0.25) is 0 Å². The average molecular weight is 222 g/mol.